The van der Waals surface area contributed by atoms with Crippen LogP contribution in [0.15, 0.2) is 72.2 Å². The van der Waals surface area contributed by atoms with Crippen LogP contribution >= 0.6 is 0 Å². The van der Waals surface area contributed by atoms with Crippen molar-refractivity contribution in [1.82, 2.24) is 5.32 Å². The normalized spacial score (nSPS) is 14.9. The molecule has 7 heteroatoms. The van der Waals surface area contributed by atoms with Crippen molar-refractivity contribution in [2.24, 2.45) is 0 Å². The first-order valence-electron chi connectivity index (χ1n) is 9.91. The van der Waals surface area contributed by atoms with E-state index in [1.807, 2.05) is 49.4 Å². The fourth-order valence-electron chi connectivity index (χ4n) is 3.43. The Labute approximate surface area is 177 Å². The molecule has 0 saturated carbocycles. The minimum Gasteiger partial charge on any atom is -0.382 e. The highest BCUT2D eigenvalue weighted by molar-refractivity contribution is 7.97. The van der Waals surface area contributed by atoms with Crippen LogP contribution in [-0.2, 0) is 19.6 Å². The second-order valence-corrected chi connectivity index (χ2v) is 8.52. The maximum absolute atomic E-state index is 13.6. The van der Waals surface area contributed by atoms with E-state index in [1.54, 1.807) is 12.1 Å². The number of anilines is 1. The number of sulfonamides is 1. The summed E-state index contributed by atoms with van der Waals surface area (Å²) >= 11 is 0. The second kappa shape index (κ2) is 9.73. The van der Waals surface area contributed by atoms with Crippen LogP contribution < -0.4 is 9.62 Å². The average molecular weight is 427 g/mol. The van der Waals surface area contributed by atoms with Gasteiger partial charge in [0.1, 0.15) is 0 Å². The summed E-state index contributed by atoms with van der Waals surface area (Å²) in [6, 6.07) is 16.3. The van der Waals surface area contributed by atoms with E-state index in [1.165, 1.54) is 10.4 Å². The molecule has 0 saturated heterocycles. The van der Waals surface area contributed by atoms with Gasteiger partial charge in [0.2, 0.25) is 0 Å². The van der Waals surface area contributed by atoms with Crippen molar-refractivity contribution in [3.63, 3.8) is 0 Å². The third kappa shape index (κ3) is 4.32. The van der Waals surface area contributed by atoms with Crippen molar-refractivity contribution < 1.29 is 17.9 Å². The van der Waals surface area contributed by atoms with Crippen LogP contribution in [0, 0.1) is 0 Å². The van der Waals surface area contributed by atoms with Crippen LogP contribution in [0.4, 0.5) is 5.69 Å². The fraction of sp³-hybridized carbons (Fsp3) is 0.261. The van der Waals surface area contributed by atoms with Crippen LogP contribution in [0.2, 0.25) is 0 Å². The summed E-state index contributed by atoms with van der Waals surface area (Å²) in [5, 5.41) is 2.75. The van der Waals surface area contributed by atoms with Gasteiger partial charge in [0.25, 0.3) is 15.9 Å². The lowest BCUT2D eigenvalue weighted by Gasteiger charge is -2.32. The third-order valence-corrected chi connectivity index (χ3v) is 6.57. The van der Waals surface area contributed by atoms with Gasteiger partial charge in [-0.15, -0.1) is 6.58 Å². The molecule has 1 amide bonds. The number of carbonyl (C=O) groups is 1. The molecule has 0 radical (unpaired) electrons. The third-order valence-electron chi connectivity index (χ3n) is 4.74. The number of amides is 1. The van der Waals surface area contributed by atoms with E-state index < -0.39 is 15.9 Å². The zero-order valence-corrected chi connectivity index (χ0v) is 17.8. The van der Waals surface area contributed by atoms with Gasteiger partial charge in [0.15, 0.2) is 4.91 Å². The predicted octanol–water partition coefficient (Wildman–Crippen LogP) is 3.32. The Morgan fingerprint density at radius 1 is 1.13 bits per heavy atom. The van der Waals surface area contributed by atoms with Crippen molar-refractivity contribution in [1.29, 1.82) is 0 Å². The van der Waals surface area contributed by atoms with Gasteiger partial charge in [-0.05, 0) is 25.0 Å². The number of benzene rings is 2. The number of hydrogen-bond acceptors (Lipinski definition) is 4. The SMILES string of the molecule is C=CCN1c2ccccc2C(c2ccccc2)=C(C(=O)NCCCOCC)S1(=O)=O. The molecule has 0 bridgehead atoms. The Bertz CT molecular complexity index is 1050. The van der Waals surface area contributed by atoms with Crippen LogP contribution in [0.3, 0.4) is 0 Å². The molecule has 1 aliphatic rings. The van der Waals surface area contributed by atoms with Crippen molar-refractivity contribution in [3.05, 3.63) is 83.3 Å². The highest BCUT2D eigenvalue weighted by atomic mass is 32.2. The number of nitrogens with one attached hydrogen (secondary N) is 1. The summed E-state index contributed by atoms with van der Waals surface area (Å²) in [5.41, 5.74) is 2.31. The van der Waals surface area contributed by atoms with Crippen LogP contribution in [0.25, 0.3) is 5.57 Å². The van der Waals surface area contributed by atoms with E-state index in [0.29, 0.717) is 48.6 Å². The summed E-state index contributed by atoms with van der Waals surface area (Å²) in [7, 11) is -4.09. The number of ether oxygens (including phenoxy) is 1. The summed E-state index contributed by atoms with van der Waals surface area (Å²) in [6.45, 7) is 7.07. The molecule has 6 nitrogen and oxygen atoms in total. The molecule has 158 valence electrons. The maximum Gasteiger partial charge on any atom is 0.270 e. The number of para-hydroxylation sites is 1. The molecule has 0 aliphatic carbocycles. The van der Waals surface area contributed by atoms with Crippen molar-refractivity contribution in [3.8, 4) is 0 Å². The van der Waals surface area contributed by atoms with Gasteiger partial charge in [0, 0.05) is 30.9 Å². The lowest BCUT2D eigenvalue weighted by atomic mass is 9.95. The molecule has 3 rings (SSSR count). The topological polar surface area (TPSA) is 75.7 Å². The molecule has 1 N–H and O–H groups in total. The Balaban J connectivity index is 2.14. The van der Waals surface area contributed by atoms with Gasteiger partial charge in [-0.2, -0.15) is 0 Å². The molecule has 1 aliphatic heterocycles. The van der Waals surface area contributed by atoms with E-state index in [9.17, 15) is 13.2 Å². The first-order chi connectivity index (χ1) is 14.5. The molecule has 0 atom stereocenters. The Kier molecular flexibility index (Phi) is 7.07. The number of carbonyl (C=O) groups excluding carboxylic acids is 1. The smallest absolute Gasteiger partial charge is 0.270 e. The monoisotopic (exact) mass is 426 g/mol. The molecule has 1 heterocycles. The lowest BCUT2D eigenvalue weighted by molar-refractivity contribution is -0.116. The molecular formula is C23H26N2O4S. The quantitative estimate of drug-likeness (QED) is 0.493. The van der Waals surface area contributed by atoms with Gasteiger partial charge in [-0.25, -0.2) is 8.42 Å². The minimum absolute atomic E-state index is 0.0720. The molecule has 2 aromatic carbocycles. The van der Waals surface area contributed by atoms with E-state index in [0.717, 1.165) is 0 Å². The fourth-order valence-corrected chi connectivity index (χ4v) is 5.16. The van der Waals surface area contributed by atoms with E-state index in [4.69, 9.17) is 4.74 Å². The predicted molar refractivity (Wildman–Crippen MR) is 119 cm³/mol. The molecule has 30 heavy (non-hydrogen) atoms. The number of rotatable bonds is 9. The highest BCUT2D eigenvalue weighted by Crippen LogP contribution is 2.42. The van der Waals surface area contributed by atoms with Crippen molar-refractivity contribution in [2.45, 2.75) is 13.3 Å². The van der Waals surface area contributed by atoms with Crippen molar-refractivity contribution >= 4 is 27.2 Å². The molecule has 0 aromatic heterocycles. The van der Waals surface area contributed by atoms with Gasteiger partial charge in [0.05, 0.1) is 12.2 Å². The largest absolute Gasteiger partial charge is 0.382 e. The van der Waals surface area contributed by atoms with Gasteiger partial charge in [-0.1, -0.05) is 54.6 Å². The zero-order valence-electron chi connectivity index (χ0n) is 17.0. The van der Waals surface area contributed by atoms with Gasteiger partial charge in [-0.3, -0.25) is 9.10 Å². The minimum atomic E-state index is -4.09. The van der Waals surface area contributed by atoms with Crippen LogP contribution in [-0.4, -0.2) is 40.6 Å². The molecule has 2 aromatic rings. The molecule has 0 fully saturated rings. The maximum atomic E-state index is 13.6. The Hall–Kier alpha value is -2.90. The number of nitrogens with zero attached hydrogens (tertiary/aromatic N) is 1. The number of hydrogen-bond donors (Lipinski definition) is 1. The van der Waals surface area contributed by atoms with Gasteiger partial charge >= 0.3 is 0 Å². The van der Waals surface area contributed by atoms with E-state index in [-0.39, 0.29) is 11.4 Å². The Morgan fingerprint density at radius 3 is 2.53 bits per heavy atom. The second-order valence-electron chi connectivity index (χ2n) is 6.72. The number of fused-ring (bicyclic) bond motifs is 1. The lowest BCUT2D eigenvalue weighted by Crippen LogP contribution is -2.41. The molecule has 0 unspecified atom stereocenters. The summed E-state index contributed by atoms with van der Waals surface area (Å²) < 4.78 is 33.6. The van der Waals surface area contributed by atoms with Gasteiger partial charge < -0.3 is 10.1 Å². The first-order valence-corrected chi connectivity index (χ1v) is 11.3. The summed E-state index contributed by atoms with van der Waals surface area (Å²) in [4.78, 5) is 12.9. The highest BCUT2D eigenvalue weighted by Gasteiger charge is 2.40. The van der Waals surface area contributed by atoms with Crippen LogP contribution in [0.1, 0.15) is 24.5 Å². The molecular weight excluding hydrogens is 400 g/mol. The van der Waals surface area contributed by atoms with Crippen LogP contribution in [0.5, 0.6) is 0 Å². The van der Waals surface area contributed by atoms with E-state index >= 15 is 0 Å². The zero-order chi connectivity index (χ0) is 21.6. The Morgan fingerprint density at radius 2 is 1.83 bits per heavy atom. The first kappa shape index (κ1) is 21.8. The molecule has 0 spiro atoms. The van der Waals surface area contributed by atoms with Crippen molar-refractivity contribution in [2.75, 3.05) is 30.6 Å². The summed E-state index contributed by atoms with van der Waals surface area (Å²) in [6.07, 6.45) is 2.11. The summed E-state index contributed by atoms with van der Waals surface area (Å²) in [5.74, 6) is -0.617. The average Bonchev–Trinajstić information content (AvgIpc) is 2.75. The van der Waals surface area contributed by atoms with E-state index in [2.05, 4.69) is 11.9 Å². The standard InChI is InChI=1S/C23H26N2O4S/c1-3-16-25-20-14-9-8-13-19(20)21(18-11-6-5-7-12-18)22(30(25,27)28)23(26)24-15-10-17-29-4-2/h3,5-9,11-14H,1,4,10,15-17H2,2H3,(H,24,26).